The van der Waals surface area contributed by atoms with Gasteiger partial charge in [-0.3, -0.25) is 0 Å². The van der Waals surface area contributed by atoms with Crippen molar-refractivity contribution in [1.82, 2.24) is 0 Å². The van der Waals surface area contributed by atoms with Crippen molar-refractivity contribution in [3.63, 3.8) is 0 Å². The van der Waals surface area contributed by atoms with Crippen molar-refractivity contribution in [2.45, 2.75) is 13.8 Å². The molecule has 0 rings (SSSR count). The maximum absolute atomic E-state index is 5.69. The fourth-order valence-corrected chi connectivity index (χ4v) is 0.571. The summed E-state index contributed by atoms with van der Waals surface area (Å²) in [7, 11) is 4.38. The third-order valence-corrected chi connectivity index (χ3v) is 1.88. The van der Waals surface area contributed by atoms with Gasteiger partial charge in [0.15, 0.2) is 0 Å². The van der Waals surface area contributed by atoms with Crippen LogP contribution in [0.5, 0.6) is 0 Å². The molecule has 10 heavy (non-hydrogen) atoms. The van der Waals surface area contributed by atoms with E-state index in [-0.39, 0.29) is 0 Å². The molecule has 0 aliphatic carbocycles. The van der Waals surface area contributed by atoms with E-state index in [0.29, 0.717) is 0 Å². The minimum atomic E-state index is 0.889. The van der Waals surface area contributed by atoms with Crippen LogP contribution in [0.3, 0.4) is 0 Å². The molecular weight excluding hydrogens is 146 g/mol. The highest BCUT2D eigenvalue weighted by Gasteiger charge is 2.07. The Morgan fingerprint density at radius 3 is 2.30 bits per heavy atom. The Balaban J connectivity index is 3.78. The summed E-state index contributed by atoms with van der Waals surface area (Å²) in [5.74, 6) is 0. The minimum absolute atomic E-state index is 0.889. The van der Waals surface area contributed by atoms with Gasteiger partial charge in [-0.1, -0.05) is 11.6 Å². The van der Waals surface area contributed by atoms with Gasteiger partial charge < -0.3 is 4.48 Å². The smallest absolute Gasteiger partial charge is 0.0983 e. The molecule has 0 atom stereocenters. The summed E-state index contributed by atoms with van der Waals surface area (Å²) < 4.78 is 1.00. The molecule has 0 saturated heterocycles. The van der Waals surface area contributed by atoms with Crippen molar-refractivity contribution in [3.05, 3.63) is 11.1 Å². The van der Waals surface area contributed by atoms with Gasteiger partial charge in [0, 0.05) is 5.03 Å². The molecule has 0 aliphatic heterocycles. The van der Waals surface area contributed by atoms with Crippen LogP contribution in [0, 0.1) is 0 Å². The quantitative estimate of drug-likeness (QED) is 0.559. The molecule has 0 fully saturated rings. The van der Waals surface area contributed by atoms with E-state index in [1.807, 2.05) is 6.92 Å². The van der Waals surface area contributed by atoms with Crippen LogP contribution in [-0.2, 0) is 0 Å². The molecule has 0 spiro atoms. The second kappa shape index (κ2) is 3.99. The van der Waals surface area contributed by atoms with Crippen molar-refractivity contribution in [3.8, 4) is 0 Å². The van der Waals surface area contributed by atoms with Crippen LogP contribution >= 0.6 is 11.6 Å². The number of allylic oxidation sites excluding steroid dienone is 1. The zero-order valence-corrected chi connectivity index (χ0v) is 8.07. The molecule has 0 aromatic carbocycles. The van der Waals surface area contributed by atoms with E-state index in [2.05, 4.69) is 27.1 Å². The summed E-state index contributed by atoms with van der Waals surface area (Å²) in [4.78, 5) is 0. The van der Waals surface area contributed by atoms with E-state index in [1.54, 1.807) is 0 Å². The topological polar surface area (TPSA) is 0 Å². The molecule has 60 valence electrons. The molecule has 0 unspecified atom stereocenters. The fraction of sp³-hybridized carbons (Fsp3) is 0.750. The monoisotopic (exact) mass is 162 g/mol. The first-order chi connectivity index (χ1) is 4.48. The average Bonchev–Trinajstić information content (AvgIpc) is 1.85. The molecule has 0 aliphatic rings. The standard InChI is InChI=1S/C8H17ClN/c1-5-10(3,4)7-6-8(2)9/h6H,5,7H2,1-4H3/q+1/b8-6-. The van der Waals surface area contributed by atoms with Crippen molar-refractivity contribution >= 4 is 11.6 Å². The third kappa shape index (κ3) is 4.83. The lowest BCUT2D eigenvalue weighted by Gasteiger charge is -2.26. The van der Waals surface area contributed by atoms with Crippen LogP contribution in [0.2, 0.25) is 0 Å². The molecule has 0 radical (unpaired) electrons. The van der Waals surface area contributed by atoms with Gasteiger partial charge in [-0.05, 0) is 19.9 Å². The van der Waals surface area contributed by atoms with Gasteiger partial charge in [0.1, 0.15) is 0 Å². The summed E-state index contributed by atoms with van der Waals surface area (Å²) in [5.41, 5.74) is 0. The molecule has 0 N–H and O–H groups in total. The SMILES string of the molecule is CC[N+](C)(C)C/C=C(/C)Cl. The second-order valence-corrected chi connectivity index (χ2v) is 3.82. The molecule has 0 heterocycles. The first kappa shape index (κ1) is 9.99. The number of nitrogens with zero attached hydrogens (tertiary/aromatic N) is 1. The normalized spacial score (nSPS) is 13.9. The fourth-order valence-electron chi connectivity index (χ4n) is 0.502. The number of quaternary nitrogens is 1. The maximum Gasteiger partial charge on any atom is 0.0983 e. The van der Waals surface area contributed by atoms with Crippen LogP contribution in [0.4, 0.5) is 0 Å². The Morgan fingerprint density at radius 1 is 1.50 bits per heavy atom. The first-order valence-corrected chi connectivity index (χ1v) is 4.00. The van der Waals surface area contributed by atoms with Gasteiger partial charge in [-0.15, -0.1) is 0 Å². The summed E-state index contributed by atoms with van der Waals surface area (Å²) in [6.07, 6.45) is 2.06. The van der Waals surface area contributed by atoms with E-state index in [9.17, 15) is 0 Å². The van der Waals surface area contributed by atoms with Crippen LogP contribution < -0.4 is 0 Å². The molecule has 0 aromatic rings. The summed E-state index contributed by atoms with van der Waals surface area (Å²) in [6.45, 7) is 6.25. The number of rotatable bonds is 3. The minimum Gasteiger partial charge on any atom is -0.325 e. The van der Waals surface area contributed by atoms with Crippen LogP contribution in [0.1, 0.15) is 13.8 Å². The lowest BCUT2D eigenvalue weighted by atomic mass is 10.4. The lowest BCUT2D eigenvalue weighted by molar-refractivity contribution is -0.882. The first-order valence-electron chi connectivity index (χ1n) is 3.62. The molecule has 0 amide bonds. The predicted octanol–water partition coefficient (Wildman–Crippen LogP) is 2.23. The van der Waals surface area contributed by atoms with Gasteiger partial charge in [-0.2, -0.15) is 0 Å². The van der Waals surface area contributed by atoms with Gasteiger partial charge in [0.05, 0.1) is 27.2 Å². The predicted molar refractivity (Wildman–Crippen MR) is 47.1 cm³/mol. The largest absolute Gasteiger partial charge is 0.325 e. The lowest BCUT2D eigenvalue weighted by Crippen LogP contribution is -2.39. The summed E-state index contributed by atoms with van der Waals surface area (Å²) in [6, 6.07) is 0. The van der Waals surface area contributed by atoms with E-state index in [1.165, 1.54) is 0 Å². The highest BCUT2D eigenvalue weighted by Crippen LogP contribution is 2.02. The number of hydrogen-bond acceptors (Lipinski definition) is 0. The van der Waals surface area contributed by atoms with E-state index >= 15 is 0 Å². The van der Waals surface area contributed by atoms with Crippen LogP contribution in [0.15, 0.2) is 11.1 Å². The average molecular weight is 163 g/mol. The van der Waals surface area contributed by atoms with Crippen molar-refractivity contribution in [2.24, 2.45) is 0 Å². The molecule has 0 bridgehead atoms. The molecule has 2 heteroatoms. The Hall–Kier alpha value is -0.0100. The molecular formula is C8H17ClN+. The van der Waals surface area contributed by atoms with Crippen molar-refractivity contribution < 1.29 is 4.48 Å². The van der Waals surface area contributed by atoms with E-state index < -0.39 is 0 Å². The summed E-state index contributed by atoms with van der Waals surface area (Å²) >= 11 is 5.69. The van der Waals surface area contributed by atoms with Gasteiger partial charge in [0.25, 0.3) is 0 Å². The maximum atomic E-state index is 5.69. The zero-order valence-electron chi connectivity index (χ0n) is 7.32. The number of halogens is 1. The Labute approximate surface area is 68.9 Å². The highest BCUT2D eigenvalue weighted by molar-refractivity contribution is 6.29. The second-order valence-electron chi connectivity index (χ2n) is 3.23. The third-order valence-electron chi connectivity index (χ3n) is 1.72. The molecule has 1 nitrogen and oxygen atoms in total. The number of likely N-dealkylation sites (N-methyl/N-ethyl adjacent to an activating group) is 1. The van der Waals surface area contributed by atoms with Crippen molar-refractivity contribution in [1.29, 1.82) is 0 Å². The molecule has 0 aromatic heterocycles. The van der Waals surface area contributed by atoms with Gasteiger partial charge >= 0.3 is 0 Å². The van der Waals surface area contributed by atoms with Crippen molar-refractivity contribution in [2.75, 3.05) is 27.2 Å². The highest BCUT2D eigenvalue weighted by atomic mass is 35.5. The number of hydrogen-bond donors (Lipinski definition) is 0. The Bertz CT molecular complexity index is 123. The Kier molecular flexibility index (Phi) is 3.99. The van der Waals surface area contributed by atoms with E-state index in [0.717, 1.165) is 22.6 Å². The Morgan fingerprint density at radius 2 is 2.00 bits per heavy atom. The molecule has 0 saturated carbocycles. The zero-order chi connectivity index (χ0) is 8.20. The summed E-state index contributed by atoms with van der Waals surface area (Å²) in [5, 5.41) is 0.889. The van der Waals surface area contributed by atoms with Gasteiger partial charge in [0.2, 0.25) is 0 Å². The van der Waals surface area contributed by atoms with E-state index in [4.69, 9.17) is 11.6 Å². The van der Waals surface area contributed by atoms with Crippen LogP contribution in [-0.4, -0.2) is 31.7 Å². The van der Waals surface area contributed by atoms with Crippen LogP contribution in [0.25, 0.3) is 0 Å². The van der Waals surface area contributed by atoms with Gasteiger partial charge in [-0.25, -0.2) is 0 Å².